The molecule has 3 N–H and O–H groups in total. The van der Waals surface area contributed by atoms with Gasteiger partial charge in [0.1, 0.15) is 5.82 Å². The number of hydrogen-bond donors (Lipinski definition) is 3. The number of urea groups is 1. The zero-order chi connectivity index (χ0) is 21.5. The molecule has 2 atom stereocenters. The smallest absolute Gasteiger partial charge is 0.315 e. The fraction of sp³-hybridized carbons (Fsp3) is 0.391. The first-order valence-corrected chi connectivity index (χ1v) is 10.3. The predicted molar refractivity (Wildman–Crippen MR) is 118 cm³/mol. The number of methoxy groups -OCH3 is 2. The molecule has 0 unspecified atom stereocenters. The van der Waals surface area contributed by atoms with Crippen LogP contribution in [-0.2, 0) is 6.42 Å². The number of rotatable bonds is 9. The molecule has 30 heavy (non-hydrogen) atoms. The second kappa shape index (κ2) is 10.0. The van der Waals surface area contributed by atoms with E-state index in [1.165, 1.54) is 0 Å². The third-order valence-corrected chi connectivity index (χ3v) is 5.35. The number of carbonyl (C=O) groups is 1. The third kappa shape index (κ3) is 5.03. The van der Waals surface area contributed by atoms with Crippen LogP contribution in [0.1, 0.15) is 37.7 Å². The van der Waals surface area contributed by atoms with E-state index < -0.39 is 0 Å². The van der Waals surface area contributed by atoms with Crippen molar-refractivity contribution < 1.29 is 14.3 Å². The van der Waals surface area contributed by atoms with Crippen molar-refractivity contribution in [1.82, 2.24) is 20.6 Å². The molecule has 3 aromatic rings. The van der Waals surface area contributed by atoms with Gasteiger partial charge in [-0.3, -0.25) is 0 Å². The van der Waals surface area contributed by atoms with E-state index in [2.05, 4.69) is 34.4 Å². The molecule has 0 bridgehead atoms. The molecule has 7 heteroatoms. The highest BCUT2D eigenvalue weighted by Gasteiger charge is 2.23. The summed E-state index contributed by atoms with van der Waals surface area (Å²) >= 11 is 0. The molecule has 7 nitrogen and oxygen atoms in total. The standard InChI is InChI=1S/C23H30N4O3/c1-5-15(2)21(22-25-17-8-6-7-9-18(17)26-22)27-23(28)24-13-12-16-10-11-19(29-3)20(14-16)30-4/h6-11,14-15,21H,5,12-13H2,1-4H3,(H,25,26)(H2,24,27,28)/t15-,21-/m1/s1. The number of hydrogen-bond acceptors (Lipinski definition) is 4. The van der Waals surface area contributed by atoms with Crippen LogP contribution in [0, 0.1) is 5.92 Å². The van der Waals surface area contributed by atoms with Crippen LogP contribution in [0.15, 0.2) is 42.5 Å². The van der Waals surface area contributed by atoms with Crippen molar-refractivity contribution in [2.24, 2.45) is 5.92 Å². The van der Waals surface area contributed by atoms with E-state index in [4.69, 9.17) is 9.47 Å². The molecular weight excluding hydrogens is 380 g/mol. The van der Waals surface area contributed by atoms with Gasteiger partial charge in [0.05, 0.1) is 31.3 Å². The Morgan fingerprint density at radius 1 is 1.13 bits per heavy atom. The molecule has 0 aliphatic heterocycles. The summed E-state index contributed by atoms with van der Waals surface area (Å²) in [5.74, 6) is 2.39. The summed E-state index contributed by atoms with van der Waals surface area (Å²) in [5.41, 5.74) is 2.93. The third-order valence-electron chi connectivity index (χ3n) is 5.35. The van der Waals surface area contributed by atoms with Gasteiger partial charge < -0.3 is 25.1 Å². The van der Waals surface area contributed by atoms with Crippen molar-refractivity contribution in [3.63, 3.8) is 0 Å². The van der Waals surface area contributed by atoms with E-state index in [1.807, 2.05) is 42.5 Å². The van der Waals surface area contributed by atoms with E-state index in [0.29, 0.717) is 24.5 Å². The van der Waals surface area contributed by atoms with Crippen molar-refractivity contribution in [3.05, 3.63) is 53.9 Å². The summed E-state index contributed by atoms with van der Waals surface area (Å²) in [6.45, 7) is 4.73. The van der Waals surface area contributed by atoms with Gasteiger partial charge in [0.2, 0.25) is 0 Å². The number of benzene rings is 2. The second-order valence-corrected chi connectivity index (χ2v) is 7.34. The normalized spacial score (nSPS) is 12.9. The van der Waals surface area contributed by atoms with E-state index in [0.717, 1.165) is 28.8 Å². The van der Waals surface area contributed by atoms with Crippen LogP contribution in [-0.4, -0.2) is 36.8 Å². The van der Waals surface area contributed by atoms with Gasteiger partial charge in [-0.05, 0) is 42.2 Å². The molecular formula is C23H30N4O3. The molecule has 3 rings (SSSR count). The second-order valence-electron chi connectivity index (χ2n) is 7.34. The number of fused-ring (bicyclic) bond motifs is 1. The SMILES string of the molecule is CC[C@@H](C)[C@@H](NC(=O)NCCc1ccc(OC)c(OC)c1)c1nc2ccccc2[nH]1. The van der Waals surface area contributed by atoms with Crippen LogP contribution >= 0.6 is 0 Å². The van der Waals surface area contributed by atoms with E-state index in [1.54, 1.807) is 14.2 Å². The average molecular weight is 411 g/mol. The maximum Gasteiger partial charge on any atom is 0.315 e. The number of aromatic nitrogens is 2. The van der Waals surface area contributed by atoms with Gasteiger partial charge in [0.25, 0.3) is 0 Å². The number of nitrogens with zero attached hydrogens (tertiary/aromatic N) is 1. The van der Waals surface area contributed by atoms with Gasteiger partial charge in [0, 0.05) is 6.54 Å². The largest absolute Gasteiger partial charge is 0.493 e. The Kier molecular flexibility index (Phi) is 7.17. The van der Waals surface area contributed by atoms with E-state index in [9.17, 15) is 4.79 Å². The molecule has 1 aromatic heterocycles. The van der Waals surface area contributed by atoms with Crippen molar-refractivity contribution in [2.75, 3.05) is 20.8 Å². The number of nitrogens with one attached hydrogen (secondary N) is 3. The van der Waals surface area contributed by atoms with Gasteiger partial charge >= 0.3 is 6.03 Å². The first-order valence-electron chi connectivity index (χ1n) is 10.3. The number of imidazole rings is 1. The molecule has 2 amide bonds. The van der Waals surface area contributed by atoms with Gasteiger partial charge in [-0.25, -0.2) is 9.78 Å². The highest BCUT2D eigenvalue weighted by atomic mass is 16.5. The Hall–Kier alpha value is -3.22. The molecule has 0 saturated heterocycles. The minimum Gasteiger partial charge on any atom is -0.493 e. The molecule has 0 saturated carbocycles. The first kappa shape index (κ1) is 21.5. The average Bonchev–Trinajstić information content (AvgIpc) is 3.20. The number of para-hydroxylation sites is 2. The zero-order valence-corrected chi connectivity index (χ0v) is 18.0. The summed E-state index contributed by atoms with van der Waals surface area (Å²) in [4.78, 5) is 20.6. The van der Waals surface area contributed by atoms with Gasteiger partial charge in [-0.15, -0.1) is 0 Å². The molecule has 2 aromatic carbocycles. The summed E-state index contributed by atoms with van der Waals surface area (Å²) in [6, 6.07) is 13.2. The molecule has 1 heterocycles. The quantitative estimate of drug-likeness (QED) is 0.493. The highest BCUT2D eigenvalue weighted by molar-refractivity contribution is 5.76. The lowest BCUT2D eigenvalue weighted by Crippen LogP contribution is -2.41. The lowest BCUT2D eigenvalue weighted by atomic mass is 9.99. The monoisotopic (exact) mass is 410 g/mol. The van der Waals surface area contributed by atoms with Crippen molar-refractivity contribution in [1.29, 1.82) is 0 Å². The minimum absolute atomic E-state index is 0.191. The molecule has 0 fully saturated rings. The summed E-state index contributed by atoms with van der Waals surface area (Å²) in [6.07, 6.45) is 1.61. The van der Waals surface area contributed by atoms with Crippen molar-refractivity contribution >= 4 is 17.1 Å². The predicted octanol–water partition coefficient (Wildman–Crippen LogP) is 4.21. The van der Waals surface area contributed by atoms with Crippen LogP contribution in [0.2, 0.25) is 0 Å². The Morgan fingerprint density at radius 2 is 1.90 bits per heavy atom. The Morgan fingerprint density at radius 3 is 2.60 bits per heavy atom. The first-order chi connectivity index (χ1) is 14.5. The highest BCUT2D eigenvalue weighted by Crippen LogP contribution is 2.27. The Balaban J connectivity index is 1.61. The van der Waals surface area contributed by atoms with Crippen molar-refractivity contribution in [2.45, 2.75) is 32.7 Å². The number of carbonyl (C=O) groups excluding carboxylic acids is 1. The molecule has 0 aliphatic carbocycles. The minimum atomic E-state index is -0.207. The fourth-order valence-electron chi connectivity index (χ4n) is 3.38. The molecule has 0 radical (unpaired) electrons. The molecule has 160 valence electrons. The lowest BCUT2D eigenvalue weighted by Gasteiger charge is -2.22. The summed E-state index contributed by atoms with van der Waals surface area (Å²) < 4.78 is 10.6. The van der Waals surface area contributed by atoms with Crippen molar-refractivity contribution in [3.8, 4) is 11.5 Å². The van der Waals surface area contributed by atoms with Gasteiger partial charge in [0.15, 0.2) is 11.5 Å². The number of H-pyrrole nitrogens is 1. The van der Waals surface area contributed by atoms with E-state index in [-0.39, 0.29) is 18.0 Å². The topological polar surface area (TPSA) is 88.3 Å². The lowest BCUT2D eigenvalue weighted by molar-refractivity contribution is 0.230. The fourth-order valence-corrected chi connectivity index (χ4v) is 3.38. The summed E-state index contributed by atoms with van der Waals surface area (Å²) in [5, 5.41) is 6.03. The molecule has 0 aliphatic rings. The maximum absolute atomic E-state index is 12.6. The van der Waals surface area contributed by atoms with Crippen LogP contribution in [0.3, 0.4) is 0 Å². The van der Waals surface area contributed by atoms with Crippen LogP contribution in [0.25, 0.3) is 11.0 Å². The zero-order valence-electron chi connectivity index (χ0n) is 18.0. The summed E-state index contributed by atoms with van der Waals surface area (Å²) in [7, 11) is 3.22. The van der Waals surface area contributed by atoms with Gasteiger partial charge in [-0.2, -0.15) is 0 Å². The van der Waals surface area contributed by atoms with Crippen LogP contribution in [0.4, 0.5) is 4.79 Å². The van der Waals surface area contributed by atoms with Crippen LogP contribution < -0.4 is 20.1 Å². The van der Waals surface area contributed by atoms with Crippen LogP contribution in [0.5, 0.6) is 11.5 Å². The number of ether oxygens (including phenoxy) is 2. The molecule has 0 spiro atoms. The number of amides is 2. The Bertz CT molecular complexity index is 952. The maximum atomic E-state index is 12.6. The van der Waals surface area contributed by atoms with Gasteiger partial charge in [-0.1, -0.05) is 38.5 Å². The van der Waals surface area contributed by atoms with E-state index >= 15 is 0 Å². The number of aromatic amines is 1. The Labute approximate surface area is 177 Å².